The molecule has 4 fully saturated rings. The maximum absolute atomic E-state index is 13.4. The van der Waals surface area contributed by atoms with Gasteiger partial charge >= 0.3 is 5.97 Å². The number of carbonyl (C=O) groups is 1. The maximum atomic E-state index is 13.4. The topological polar surface area (TPSA) is 107 Å². The van der Waals surface area contributed by atoms with Crippen molar-refractivity contribution in [2.24, 2.45) is 46.3 Å². The lowest BCUT2D eigenvalue weighted by Gasteiger charge is -2.56. The van der Waals surface area contributed by atoms with Gasteiger partial charge in [0.15, 0.2) is 0 Å². The van der Waals surface area contributed by atoms with Crippen LogP contribution in [0.25, 0.3) is 0 Å². The van der Waals surface area contributed by atoms with Crippen molar-refractivity contribution in [3.05, 3.63) is 35.6 Å². The van der Waals surface area contributed by atoms with Crippen LogP contribution in [0.15, 0.2) is 24.3 Å². The Morgan fingerprint density at radius 3 is 2.36 bits per heavy atom. The van der Waals surface area contributed by atoms with Crippen molar-refractivity contribution in [3.8, 4) is 0 Å². The third-order valence-electron chi connectivity index (χ3n) is 11.1. The Morgan fingerprint density at radius 2 is 1.67 bits per heavy atom. The van der Waals surface area contributed by atoms with E-state index in [1.54, 1.807) is 0 Å². The fourth-order valence-corrected chi connectivity index (χ4v) is 9.08. The van der Waals surface area contributed by atoms with Gasteiger partial charge in [0.1, 0.15) is 11.9 Å². The van der Waals surface area contributed by atoms with Crippen molar-refractivity contribution in [1.29, 1.82) is 0 Å². The third kappa shape index (κ3) is 4.01. The number of aliphatic hydroxyl groups excluding tert-OH is 4. The van der Waals surface area contributed by atoms with Gasteiger partial charge in [0.25, 0.3) is 0 Å². The van der Waals surface area contributed by atoms with Crippen molar-refractivity contribution in [3.63, 3.8) is 0 Å². The van der Waals surface area contributed by atoms with E-state index < -0.39 is 35.7 Å². The fraction of sp³-hybridized carbons (Fsp3) is 0.759. The van der Waals surface area contributed by atoms with Gasteiger partial charge < -0.3 is 25.2 Å². The first kappa shape index (κ1) is 26.1. The summed E-state index contributed by atoms with van der Waals surface area (Å²) >= 11 is 0. The van der Waals surface area contributed by atoms with Crippen LogP contribution in [-0.4, -0.2) is 51.3 Å². The molecule has 3 aliphatic carbocycles. The van der Waals surface area contributed by atoms with Crippen LogP contribution in [0.3, 0.4) is 0 Å². The summed E-state index contributed by atoms with van der Waals surface area (Å²) in [7, 11) is 0. The van der Waals surface area contributed by atoms with E-state index in [0.717, 1.165) is 25.7 Å². The lowest BCUT2D eigenvalue weighted by atomic mass is 9.48. The SMILES string of the molecule is C[C@H]([C@@H](O)[C@H](O)c1ccc(F)cc1)[C@H]1CC[C@H]2[C@@H]3COC(=O)C4C[C@H](O)[C@H](O)C[C@]4(C)[C@H]3CC[C@]12C. The van der Waals surface area contributed by atoms with Crippen LogP contribution >= 0.6 is 0 Å². The second-order valence-electron chi connectivity index (χ2n) is 12.7. The Hall–Kier alpha value is -1.54. The number of cyclic esters (lactones) is 1. The third-order valence-corrected chi connectivity index (χ3v) is 11.1. The molecule has 1 aromatic carbocycles. The first-order valence-electron chi connectivity index (χ1n) is 13.6. The Labute approximate surface area is 212 Å². The largest absolute Gasteiger partial charge is 0.465 e. The van der Waals surface area contributed by atoms with Crippen LogP contribution in [0.5, 0.6) is 0 Å². The molecule has 1 saturated heterocycles. The Bertz CT molecular complexity index is 969. The van der Waals surface area contributed by atoms with Crippen molar-refractivity contribution in [2.75, 3.05) is 6.61 Å². The molecular formula is C29H41FO6. The van der Waals surface area contributed by atoms with Gasteiger partial charge in [-0.15, -0.1) is 0 Å². The number of hydrogen-bond donors (Lipinski definition) is 4. The molecule has 0 bridgehead atoms. The number of rotatable bonds is 4. The molecule has 0 aromatic heterocycles. The Morgan fingerprint density at radius 1 is 1.00 bits per heavy atom. The van der Waals surface area contributed by atoms with Crippen LogP contribution in [0.4, 0.5) is 4.39 Å². The molecule has 4 aliphatic rings. The zero-order valence-corrected chi connectivity index (χ0v) is 21.5. The van der Waals surface area contributed by atoms with E-state index >= 15 is 0 Å². The van der Waals surface area contributed by atoms with E-state index in [2.05, 4.69) is 13.8 Å². The number of aliphatic hydroxyl groups is 4. The first-order chi connectivity index (χ1) is 17.0. The lowest BCUT2D eigenvalue weighted by Crippen LogP contribution is -2.54. The van der Waals surface area contributed by atoms with Gasteiger partial charge in [-0.1, -0.05) is 32.9 Å². The normalized spacial score (nSPS) is 44.9. The smallest absolute Gasteiger partial charge is 0.309 e. The summed E-state index contributed by atoms with van der Waals surface area (Å²) in [6.45, 7) is 6.78. The molecule has 0 spiro atoms. The summed E-state index contributed by atoms with van der Waals surface area (Å²) in [6.07, 6.45) is 0.606. The van der Waals surface area contributed by atoms with Gasteiger partial charge in [0, 0.05) is 0 Å². The molecule has 5 rings (SSSR count). The van der Waals surface area contributed by atoms with E-state index in [0.29, 0.717) is 24.5 Å². The highest BCUT2D eigenvalue weighted by atomic mass is 19.1. The molecule has 7 heteroatoms. The summed E-state index contributed by atoms with van der Waals surface area (Å²) in [5, 5.41) is 42.9. The fourth-order valence-electron chi connectivity index (χ4n) is 9.08. The zero-order chi connectivity index (χ0) is 26.0. The van der Waals surface area contributed by atoms with Crippen molar-refractivity contribution in [2.45, 2.75) is 83.7 Å². The molecule has 3 saturated carbocycles. The van der Waals surface area contributed by atoms with Gasteiger partial charge in [-0.05, 0) is 96.6 Å². The minimum absolute atomic E-state index is 0.0700. The average molecular weight is 505 g/mol. The molecular weight excluding hydrogens is 463 g/mol. The highest BCUT2D eigenvalue weighted by Crippen LogP contribution is 2.66. The minimum Gasteiger partial charge on any atom is -0.465 e. The summed E-state index contributed by atoms with van der Waals surface area (Å²) in [6, 6.07) is 5.64. The minimum atomic E-state index is -1.09. The molecule has 1 heterocycles. The molecule has 1 aliphatic heterocycles. The van der Waals surface area contributed by atoms with Gasteiger partial charge in [0.2, 0.25) is 0 Å². The predicted molar refractivity (Wildman–Crippen MR) is 131 cm³/mol. The van der Waals surface area contributed by atoms with Gasteiger partial charge in [-0.3, -0.25) is 4.79 Å². The molecule has 1 aromatic rings. The molecule has 36 heavy (non-hydrogen) atoms. The predicted octanol–water partition coefficient (Wildman–Crippen LogP) is 3.61. The van der Waals surface area contributed by atoms with Crippen LogP contribution < -0.4 is 0 Å². The average Bonchev–Trinajstić information content (AvgIpc) is 3.16. The van der Waals surface area contributed by atoms with E-state index in [9.17, 15) is 29.6 Å². The number of fused-ring (bicyclic) bond motifs is 5. The number of ether oxygens (including phenoxy) is 1. The molecule has 6 nitrogen and oxygen atoms in total. The highest BCUT2D eigenvalue weighted by Gasteiger charge is 2.63. The van der Waals surface area contributed by atoms with Crippen LogP contribution in [0.2, 0.25) is 0 Å². The van der Waals surface area contributed by atoms with Crippen molar-refractivity contribution >= 4 is 5.97 Å². The molecule has 4 N–H and O–H groups in total. The molecule has 1 unspecified atom stereocenters. The van der Waals surface area contributed by atoms with Crippen LogP contribution in [0, 0.1) is 52.2 Å². The molecule has 0 amide bonds. The maximum Gasteiger partial charge on any atom is 0.309 e. The summed E-state index contributed by atoms with van der Waals surface area (Å²) in [5.41, 5.74) is 0.0199. The standard InChI is InChI=1S/C29H41FO6/c1-15(25(33)26(34)16-4-6-17(30)7-5-16)19-8-9-20-18-14-36-27(35)22-12-23(31)24(32)13-29(22,3)21(18)10-11-28(19,20)2/h4-7,15,18-26,31-34H,8-14H2,1-3H3/t15-,18-,19+,20-,21-,22?,23-,24+,25+,26+,28+,29+/m0/s1. The first-order valence-corrected chi connectivity index (χ1v) is 13.6. The second kappa shape index (κ2) is 9.33. The number of benzene rings is 1. The van der Waals surface area contributed by atoms with E-state index in [1.165, 1.54) is 24.3 Å². The van der Waals surface area contributed by atoms with E-state index in [-0.39, 0.29) is 47.3 Å². The summed E-state index contributed by atoms with van der Waals surface area (Å²) in [5.74, 6) is -0.309. The summed E-state index contributed by atoms with van der Waals surface area (Å²) in [4.78, 5) is 13.0. The van der Waals surface area contributed by atoms with Crippen LogP contribution in [-0.2, 0) is 9.53 Å². The Balaban J connectivity index is 1.38. The Kier molecular flexibility index (Phi) is 6.76. The monoisotopic (exact) mass is 504 g/mol. The van der Waals surface area contributed by atoms with Gasteiger partial charge in [-0.2, -0.15) is 0 Å². The van der Waals surface area contributed by atoms with Gasteiger partial charge in [-0.25, -0.2) is 4.39 Å². The van der Waals surface area contributed by atoms with Crippen LogP contribution in [0.1, 0.15) is 71.0 Å². The second-order valence-corrected chi connectivity index (χ2v) is 12.7. The zero-order valence-electron chi connectivity index (χ0n) is 21.5. The summed E-state index contributed by atoms with van der Waals surface area (Å²) < 4.78 is 19.2. The van der Waals surface area contributed by atoms with E-state index in [4.69, 9.17) is 4.74 Å². The van der Waals surface area contributed by atoms with Gasteiger partial charge in [0.05, 0.1) is 30.8 Å². The molecule has 200 valence electrons. The number of carbonyl (C=O) groups excluding carboxylic acids is 1. The van der Waals surface area contributed by atoms with E-state index in [1.807, 2.05) is 6.92 Å². The number of halogens is 1. The molecule has 0 radical (unpaired) electrons. The molecule has 12 atom stereocenters. The highest BCUT2D eigenvalue weighted by molar-refractivity contribution is 5.74. The van der Waals surface area contributed by atoms with Crippen molar-refractivity contribution in [1.82, 2.24) is 0 Å². The van der Waals surface area contributed by atoms with Crippen molar-refractivity contribution < 1.29 is 34.3 Å². The number of hydrogen-bond acceptors (Lipinski definition) is 6. The quantitative estimate of drug-likeness (QED) is 0.467. The lowest BCUT2D eigenvalue weighted by molar-refractivity contribution is -0.162. The number of esters is 1.